The molecule has 0 spiro atoms. The van der Waals surface area contributed by atoms with E-state index in [4.69, 9.17) is 0 Å². The zero-order valence-electron chi connectivity index (χ0n) is 9.16. The molecule has 0 aromatic rings. The predicted octanol–water partition coefficient (Wildman–Crippen LogP) is 0.666. The molecular weight excluding hydrogens is 192 g/mol. The number of carbonyl (C=O) groups is 2. The molecule has 0 aromatic heterocycles. The lowest BCUT2D eigenvalue weighted by Gasteiger charge is -2.36. The smallest absolute Gasteiger partial charge is 0.245 e. The van der Waals surface area contributed by atoms with Crippen LogP contribution in [0.15, 0.2) is 0 Å². The van der Waals surface area contributed by atoms with E-state index >= 15 is 0 Å². The third-order valence-electron chi connectivity index (χ3n) is 3.40. The van der Waals surface area contributed by atoms with E-state index in [1.165, 1.54) is 12.8 Å². The number of nitrogens with zero attached hydrogens (tertiary/aromatic N) is 1. The summed E-state index contributed by atoms with van der Waals surface area (Å²) in [6.45, 7) is 2.20. The molecule has 4 nitrogen and oxygen atoms in total. The molecule has 1 aliphatic heterocycles. The molecule has 1 aliphatic carbocycles. The van der Waals surface area contributed by atoms with Crippen molar-refractivity contribution in [3.8, 4) is 0 Å². The van der Waals surface area contributed by atoms with E-state index < -0.39 is 0 Å². The lowest BCUT2D eigenvalue weighted by Crippen LogP contribution is -2.60. The van der Waals surface area contributed by atoms with Crippen LogP contribution in [0.2, 0.25) is 0 Å². The highest BCUT2D eigenvalue weighted by atomic mass is 16.2. The Labute approximate surface area is 90.0 Å². The Morgan fingerprint density at radius 1 is 1.33 bits per heavy atom. The largest absolute Gasteiger partial charge is 0.343 e. The van der Waals surface area contributed by atoms with E-state index in [1.807, 2.05) is 6.92 Å². The number of amides is 2. The second kappa shape index (κ2) is 4.21. The van der Waals surface area contributed by atoms with Gasteiger partial charge in [0.15, 0.2) is 0 Å². The van der Waals surface area contributed by atoms with Crippen LogP contribution in [0.3, 0.4) is 0 Å². The van der Waals surface area contributed by atoms with Gasteiger partial charge in [-0.25, -0.2) is 0 Å². The van der Waals surface area contributed by atoms with Gasteiger partial charge in [0, 0.05) is 6.04 Å². The maximum Gasteiger partial charge on any atom is 0.245 e. The molecule has 1 N–H and O–H groups in total. The Morgan fingerprint density at radius 3 is 2.60 bits per heavy atom. The van der Waals surface area contributed by atoms with Crippen LogP contribution in [0, 0.1) is 0 Å². The lowest BCUT2D eigenvalue weighted by atomic mass is 10.1. The van der Waals surface area contributed by atoms with E-state index in [2.05, 4.69) is 5.32 Å². The molecule has 15 heavy (non-hydrogen) atoms. The zero-order chi connectivity index (χ0) is 10.8. The van der Waals surface area contributed by atoms with Gasteiger partial charge in [0.25, 0.3) is 0 Å². The van der Waals surface area contributed by atoms with Crippen LogP contribution in [0.5, 0.6) is 0 Å². The molecule has 1 unspecified atom stereocenters. The van der Waals surface area contributed by atoms with E-state index in [0.29, 0.717) is 12.5 Å². The summed E-state index contributed by atoms with van der Waals surface area (Å²) in [6, 6.07) is 0.0319. The summed E-state index contributed by atoms with van der Waals surface area (Å²) in [5.74, 6) is 0.109. The van der Waals surface area contributed by atoms with Crippen molar-refractivity contribution in [2.45, 2.75) is 51.1 Å². The zero-order valence-corrected chi connectivity index (χ0v) is 9.16. The monoisotopic (exact) mass is 210 g/mol. The topological polar surface area (TPSA) is 49.4 Å². The molecule has 1 atom stereocenters. The highest BCUT2D eigenvalue weighted by Gasteiger charge is 2.36. The van der Waals surface area contributed by atoms with E-state index in [1.54, 1.807) is 4.90 Å². The van der Waals surface area contributed by atoms with Crippen LogP contribution in [0.4, 0.5) is 0 Å². The van der Waals surface area contributed by atoms with Gasteiger partial charge >= 0.3 is 0 Å². The van der Waals surface area contributed by atoms with E-state index in [-0.39, 0.29) is 24.4 Å². The normalized spacial score (nSPS) is 28.3. The van der Waals surface area contributed by atoms with E-state index in [9.17, 15) is 9.59 Å². The number of hydrogen-bond donors (Lipinski definition) is 1. The maximum atomic E-state index is 12.0. The number of piperazine rings is 1. The fourth-order valence-electron chi connectivity index (χ4n) is 2.54. The van der Waals surface area contributed by atoms with Gasteiger partial charge in [-0.2, -0.15) is 0 Å². The highest BCUT2D eigenvalue weighted by Crippen LogP contribution is 2.25. The van der Waals surface area contributed by atoms with Gasteiger partial charge in [-0.3, -0.25) is 9.59 Å². The summed E-state index contributed by atoms with van der Waals surface area (Å²) in [6.07, 6.45) is 5.19. The van der Waals surface area contributed by atoms with Gasteiger partial charge in [-0.15, -0.1) is 0 Å². The first-order valence-corrected chi connectivity index (χ1v) is 5.82. The van der Waals surface area contributed by atoms with Crippen molar-refractivity contribution >= 4 is 11.8 Å². The molecule has 4 heteroatoms. The molecule has 84 valence electrons. The molecule has 2 rings (SSSR count). The first-order chi connectivity index (χ1) is 7.22. The van der Waals surface area contributed by atoms with Crippen LogP contribution in [0.1, 0.15) is 39.0 Å². The van der Waals surface area contributed by atoms with Gasteiger partial charge in [-0.1, -0.05) is 19.8 Å². The Balaban J connectivity index is 2.08. The Kier molecular flexibility index (Phi) is 2.93. The highest BCUT2D eigenvalue weighted by molar-refractivity contribution is 5.94. The minimum absolute atomic E-state index is 0.00616. The Bertz CT molecular complexity index is 272. The second-order valence-electron chi connectivity index (χ2n) is 4.43. The van der Waals surface area contributed by atoms with Crippen LogP contribution in [0.25, 0.3) is 0 Å². The lowest BCUT2D eigenvalue weighted by molar-refractivity contribution is -0.146. The molecule has 1 heterocycles. The minimum Gasteiger partial charge on any atom is -0.343 e. The molecule has 2 fully saturated rings. The quantitative estimate of drug-likeness (QED) is 0.728. The van der Waals surface area contributed by atoms with Crippen molar-refractivity contribution in [2.24, 2.45) is 0 Å². The predicted molar refractivity (Wildman–Crippen MR) is 56.2 cm³/mol. The number of nitrogens with one attached hydrogen (secondary N) is 1. The Hall–Kier alpha value is -1.06. The van der Waals surface area contributed by atoms with Crippen molar-refractivity contribution in [1.82, 2.24) is 10.2 Å². The van der Waals surface area contributed by atoms with Crippen LogP contribution >= 0.6 is 0 Å². The maximum absolute atomic E-state index is 12.0. The first kappa shape index (κ1) is 10.5. The van der Waals surface area contributed by atoms with Crippen LogP contribution in [-0.2, 0) is 9.59 Å². The van der Waals surface area contributed by atoms with Gasteiger partial charge in [0.1, 0.15) is 6.04 Å². The van der Waals surface area contributed by atoms with Gasteiger partial charge < -0.3 is 10.2 Å². The van der Waals surface area contributed by atoms with Crippen molar-refractivity contribution in [2.75, 3.05) is 6.54 Å². The van der Waals surface area contributed by atoms with Crippen molar-refractivity contribution in [1.29, 1.82) is 0 Å². The summed E-state index contributed by atoms with van der Waals surface area (Å²) < 4.78 is 0. The van der Waals surface area contributed by atoms with Crippen LogP contribution in [-0.4, -0.2) is 35.3 Å². The second-order valence-corrected chi connectivity index (χ2v) is 4.43. The summed E-state index contributed by atoms with van der Waals surface area (Å²) in [7, 11) is 0. The number of rotatable bonds is 2. The van der Waals surface area contributed by atoms with Crippen molar-refractivity contribution in [3.63, 3.8) is 0 Å². The fraction of sp³-hybridized carbons (Fsp3) is 0.818. The molecular formula is C11H18N2O2. The van der Waals surface area contributed by atoms with Gasteiger partial charge in [0.05, 0.1) is 6.54 Å². The summed E-state index contributed by atoms with van der Waals surface area (Å²) in [5.41, 5.74) is 0. The third kappa shape index (κ3) is 1.98. The molecule has 0 bridgehead atoms. The molecule has 0 radical (unpaired) electrons. The van der Waals surface area contributed by atoms with Crippen LogP contribution < -0.4 is 5.32 Å². The molecule has 1 saturated carbocycles. The first-order valence-electron chi connectivity index (χ1n) is 5.82. The fourth-order valence-corrected chi connectivity index (χ4v) is 2.54. The minimum atomic E-state index is -0.285. The average Bonchev–Trinajstić information content (AvgIpc) is 2.74. The van der Waals surface area contributed by atoms with Crippen molar-refractivity contribution in [3.05, 3.63) is 0 Å². The molecule has 2 amide bonds. The number of carbonyl (C=O) groups excluding carboxylic acids is 2. The van der Waals surface area contributed by atoms with E-state index in [0.717, 1.165) is 12.8 Å². The molecule has 2 aliphatic rings. The van der Waals surface area contributed by atoms with Gasteiger partial charge in [0.2, 0.25) is 11.8 Å². The Morgan fingerprint density at radius 2 is 2.00 bits per heavy atom. The molecule has 0 aromatic carbocycles. The average molecular weight is 210 g/mol. The summed E-state index contributed by atoms with van der Waals surface area (Å²) >= 11 is 0. The van der Waals surface area contributed by atoms with Crippen molar-refractivity contribution < 1.29 is 9.59 Å². The third-order valence-corrected chi connectivity index (χ3v) is 3.40. The summed E-state index contributed by atoms with van der Waals surface area (Å²) in [4.78, 5) is 25.2. The molecule has 1 saturated heterocycles. The summed E-state index contributed by atoms with van der Waals surface area (Å²) in [5, 5.41) is 2.74. The standard InChI is InChI=1S/C11H18N2O2/c1-2-9-11(15)13(7-10(14)12-9)8-5-3-4-6-8/h8-9H,2-7H2,1H3,(H,12,14). The number of hydrogen-bond acceptors (Lipinski definition) is 2. The van der Waals surface area contributed by atoms with Gasteiger partial charge in [-0.05, 0) is 19.3 Å². The SMILES string of the molecule is CCC1NC(=O)CN(C2CCCC2)C1=O.